The zero-order chi connectivity index (χ0) is 24.5. The zero-order valence-electron chi connectivity index (χ0n) is 19.6. The second-order valence-corrected chi connectivity index (χ2v) is 8.72. The molecule has 4 aromatic rings. The number of amides is 2. The predicted octanol–water partition coefficient (Wildman–Crippen LogP) is 3.54. The van der Waals surface area contributed by atoms with Crippen LogP contribution >= 0.6 is 0 Å². The highest BCUT2D eigenvalue weighted by Gasteiger charge is 2.21. The van der Waals surface area contributed by atoms with Gasteiger partial charge in [0, 0.05) is 37.0 Å². The molecule has 0 fully saturated rings. The van der Waals surface area contributed by atoms with E-state index in [0.29, 0.717) is 19.4 Å². The maximum atomic E-state index is 13.0. The van der Waals surface area contributed by atoms with E-state index >= 15 is 0 Å². The molecule has 3 aromatic carbocycles. The molecule has 0 spiro atoms. The summed E-state index contributed by atoms with van der Waals surface area (Å²) in [5, 5.41) is 7.43. The Morgan fingerprint density at radius 2 is 1.43 bits per heavy atom. The van der Waals surface area contributed by atoms with E-state index in [2.05, 4.69) is 21.7 Å². The molecule has 2 atom stereocenters. The molecule has 0 aliphatic heterocycles. The third kappa shape index (κ3) is 7.22. The summed E-state index contributed by atoms with van der Waals surface area (Å²) in [6.07, 6.45) is 3.11. The van der Waals surface area contributed by atoms with Crippen molar-refractivity contribution >= 4 is 22.7 Å². The molecule has 6 nitrogen and oxygen atoms in total. The number of hydrogen-bond acceptors (Lipinski definition) is 4. The van der Waals surface area contributed by atoms with Crippen LogP contribution in [-0.2, 0) is 29.0 Å². The molecular weight excluding hydrogens is 436 g/mol. The summed E-state index contributed by atoms with van der Waals surface area (Å²) in [6.45, 7) is 0.575. The Morgan fingerprint density at radius 3 is 2.11 bits per heavy atom. The van der Waals surface area contributed by atoms with E-state index in [1.165, 1.54) is 0 Å². The van der Waals surface area contributed by atoms with Gasteiger partial charge in [-0.2, -0.15) is 0 Å². The minimum absolute atomic E-state index is 0.130. The number of nitrogens with zero attached hydrogens (tertiary/aromatic N) is 1. The maximum Gasteiger partial charge on any atom is 0.240 e. The highest BCUT2D eigenvalue weighted by atomic mass is 16.2. The van der Waals surface area contributed by atoms with E-state index in [1.807, 2.05) is 91.1 Å². The van der Waals surface area contributed by atoms with Crippen molar-refractivity contribution in [1.82, 2.24) is 15.6 Å². The number of pyridine rings is 1. The molecule has 0 aliphatic rings. The molecule has 0 radical (unpaired) electrons. The van der Waals surface area contributed by atoms with E-state index in [1.54, 1.807) is 0 Å². The van der Waals surface area contributed by atoms with Crippen molar-refractivity contribution in [1.29, 1.82) is 0 Å². The third-order valence-electron chi connectivity index (χ3n) is 5.96. The van der Waals surface area contributed by atoms with Crippen molar-refractivity contribution in [2.45, 2.75) is 37.9 Å². The second kappa shape index (κ2) is 11.9. The number of hydrogen-bond donors (Lipinski definition) is 3. The van der Waals surface area contributed by atoms with E-state index in [4.69, 9.17) is 5.73 Å². The molecule has 6 heteroatoms. The lowest BCUT2D eigenvalue weighted by Crippen LogP contribution is -2.47. The molecule has 1 aromatic heterocycles. The summed E-state index contributed by atoms with van der Waals surface area (Å²) < 4.78 is 0. The van der Waals surface area contributed by atoms with Crippen LogP contribution in [0.4, 0.5) is 0 Å². The van der Waals surface area contributed by atoms with Crippen molar-refractivity contribution in [3.05, 3.63) is 114 Å². The summed E-state index contributed by atoms with van der Waals surface area (Å²) in [7, 11) is 0. The van der Waals surface area contributed by atoms with E-state index in [-0.39, 0.29) is 18.4 Å². The lowest BCUT2D eigenvalue weighted by Gasteiger charge is -2.21. The van der Waals surface area contributed by atoms with Gasteiger partial charge in [0.05, 0.1) is 5.52 Å². The van der Waals surface area contributed by atoms with Gasteiger partial charge < -0.3 is 16.4 Å². The van der Waals surface area contributed by atoms with Crippen molar-refractivity contribution in [3.63, 3.8) is 0 Å². The monoisotopic (exact) mass is 466 g/mol. The number of nitrogens with two attached hydrogens (primary N) is 1. The fraction of sp³-hybridized carbons (Fsp3) is 0.207. The Balaban J connectivity index is 1.42. The molecule has 0 bridgehead atoms. The van der Waals surface area contributed by atoms with Gasteiger partial charge in [0.15, 0.2) is 0 Å². The van der Waals surface area contributed by atoms with Crippen LogP contribution in [0.2, 0.25) is 0 Å². The van der Waals surface area contributed by atoms with Crippen LogP contribution in [0.1, 0.15) is 23.1 Å². The number of para-hydroxylation sites is 1. The van der Waals surface area contributed by atoms with Gasteiger partial charge in [-0.15, -0.1) is 0 Å². The van der Waals surface area contributed by atoms with E-state index < -0.39 is 11.9 Å². The fourth-order valence-corrected chi connectivity index (χ4v) is 4.14. The van der Waals surface area contributed by atoms with Gasteiger partial charge in [-0.05, 0) is 35.2 Å². The highest BCUT2D eigenvalue weighted by molar-refractivity contribution is 5.87. The van der Waals surface area contributed by atoms with Gasteiger partial charge in [-0.25, -0.2) is 0 Å². The molecule has 178 valence electrons. The van der Waals surface area contributed by atoms with Gasteiger partial charge in [-0.1, -0.05) is 78.9 Å². The van der Waals surface area contributed by atoms with Crippen LogP contribution < -0.4 is 16.4 Å². The van der Waals surface area contributed by atoms with Gasteiger partial charge in [-0.3, -0.25) is 14.6 Å². The lowest BCUT2D eigenvalue weighted by molar-refractivity contribution is -0.127. The Hall–Kier alpha value is -4.03. The summed E-state index contributed by atoms with van der Waals surface area (Å²) in [6, 6.07) is 28.8. The van der Waals surface area contributed by atoms with Crippen LogP contribution in [-0.4, -0.2) is 28.9 Å². The van der Waals surface area contributed by atoms with E-state index in [0.717, 1.165) is 27.6 Å². The molecule has 2 amide bonds. The molecule has 0 saturated heterocycles. The van der Waals surface area contributed by atoms with Gasteiger partial charge in [0.2, 0.25) is 11.8 Å². The van der Waals surface area contributed by atoms with Gasteiger partial charge in [0.1, 0.15) is 6.04 Å². The minimum atomic E-state index is -0.757. The molecule has 0 aliphatic carbocycles. The summed E-state index contributed by atoms with van der Waals surface area (Å²) in [4.78, 5) is 29.5. The number of rotatable bonds is 11. The first kappa shape index (κ1) is 24.1. The van der Waals surface area contributed by atoms with Gasteiger partial charge >= 0.3 is 0 Å². The number of carbonyl (C=O) groups is 2. The largest absolute Gasteiger partial charge is 0.368 e. The average molecular weight is 467 g/mol. The number of aromatic nitrogens is 1. The second-order valence-electron chi connectivity index (χ2n) is 8.72. The van der Waals surface area contributed by atoms with Crippen LogP contribution in [0.15, 0.2) is 97.2 Å². The summed E-state index contributed by atoms with van der Waals surface area (Å²) in [5.74, 6) is -0.758. The van der Waals surface area contributed by atoms with Crippen LogP contribution in [0, 0.1) is 0 Å². The molecule has 0 saturated carbocycles. The van der Waals surface area contributed by atoms with Crippen LogP contribution in [0.25, 0.3) is 10.9 Å². The molecule has 4 rings (SSSR count). The van der Waals surface area contributed by atoms with Crippen LogP contribution in [0.3, 0.4) is 0 Å². The minimum Gasteiger partial charge on any atom is -0.368 e. The molecule has 35 heavy (non-hydrogen) atoms. The molecule has 0 unspecified atom stereocenters. The first-order valence-electron chi connectivity index (χ1n) is 11.8. The van der Waals surface area contributed by atoms with Crippen molar-refractivity contribution in [2.24, 2.45) is 5.73 Å². The Bertz CT molecular complexity index is 1260. The lowest BCUT2D eigenvalue weighted by atomic mass is 10.0. The SMILES string of the molecule is NC(=O)[C@H](Cc1ccccc1)NC(=O)C[C@H](Cc1ccccc1)NCc1cnc2ccccc2c1. The fourth-order valence-electron chi connectivity index (χ4n) is 4.14. The van der Waals surface area contributed by atoms with Gasteiger partial charge in [0.25, 0.3) is 0 Å². The Labute approximate surface area is 205 Å². The predicted molar refractivity (Wildman–Crippen MR) is 138 cm³/mol. The summed E-state index contributed by atoms with van der Waals surface area (Å²) in [5.41, 5.74) is 9.66. The molecule has 4 N–H and O–H groups in total. The number of primary amides is 1. The standard InChI is InChI=1S/C29H30N4O2/c30-29(35)27(17-22-11-5-2-6-12-22)33-28(34)18-25(16-21-9-3-1-4-10-21)31-19-23-15-24-13-7-8-14-26(24)32-20-23/h1-15,20,25,27,31H,16-19H2,(H2,30,35)(H,33,34)/t25-,27-/m0/s1. The quantitative estimate of drug-likeness (QED) is 0.315. The topological polar surface area (TPSA) is 97.1 Å². The molecular formula is C29H30N4O2. The average Bonchev–Trinajstić information content (AvgIpc) is 2.88. The summed E-state index contributed by atoms with van der Waals surface area (Å²) >= 11 is 0. The molecule has 1 heterocycles. The smallest absolute Gasteiger partial charge is 0.240 e. The van der Waals surface area contributed by atoms with Crippen LogP contribution in [0.5, 0.6) is 0 Å². The third-order valence-corrected chi connectivity index (χ3v) is 5.96. The maximum absolute atomic E-state index is 13.0. The Kier molecular flexibility index (Phi) is 8.20. The normalized spacial score (nSPS) is 12.7. The van der Waals surface area contributed by atoms with Crippen molar-refractivity contribution in [3.8, 4) is 0 Å². The first-order valence-corrected chi connectivity index (χ1v) is 11.8. The highest BCUT2D eigenvalue weighted by Crippen LogP contribution is 2.14. The number of carbonyl (C=O) groups excluding carboxylic acids is 2. The number of nitrogens with one attached hydrogen (secondary N) is 2. The van der Waals surface area contributed by atoms with Crippen molar-refractivity contribution in [2.75, 3.05) is 0 Å². The first-order chi connectivity index (χ1) is 17.1. The number of fused-ring (bicyclic) bond motifs is 1. The zero-order valence-corrected chi connectivity index (χ0v) is 19.6. The van der Waals surface area contributed by atoms with E-state index in [9.17, 15) is 9.59 Å². The number of benzene rings is 3. The Morgan fingerprint density at radius 1 is 0.800 bits per heavy atom. The van der Waals surface area contributed by atoms with Crippen molar-refractivity contribution < 1.29 is 9.59 Å².